The number of isocyanates is 1. The van der Waals surface area contributed by atoms with Gasteiger partial charge in [0.25, 0.3) is 0 Å². The van der Waals surface area contributed by atoms with Gasteiger partial charge in [0.15, 0.2) is 0 Å². The Morgan fingerprint density at radius 2 is 2.31 bits per heavy atom. The summed E-state index contributed by atoms with van der Waals surface area (Å²) < 4.78 is 13.6. The Kier molecular flexibility index (Phi) is 3.34. The van der Waals surface area contributed by atoms with Crippen molar-refractivity contribution in [1.29, 1.82) is 0 Å². The lowest BCUT2D eigenvalue weighted by Gasteiger charge is -2.03. The Morgan fingerprint density at radius 1 is 1.62 bits per heavy atom. The maximum atomic E-state index is 13.2. The molecule has 0 bridgehead atoms. The van der Waals surface area contributed by atoms with Gasteiger partial charge in [0, 0.05) is 0 Å². The second-order valence-electron chi connectivity index (χ2n) is 2.58. The molecule has 0 heterocycles. The highest BCUT2D eigenvalue weighted by molar-refractivity contribution is 9.10. The minimum absolute atomic E-state index is 0.154. The number of aliphatic imine (C=N–C) groups is 1. The van der Waals surface area contributed by atoms with Gasteiger partial charge in [-0.25, -0.2) is 14.2 Å². The number of nitrogens with zero attached hydrogens (tertiary/aromatic N) is 1. The third-order valence-corrected chi connectivity index (χ3v) is 2.53. The molecular weight excluding hydrogens is 237 g/mol. The van der Waals surface area contributed by atoms with Gasteiger partial charge in [0.2, 0.25) is 6.08 Å². The second-order valence-corrected chi connectivity index (χ2v) is 3.37. The quantitative estimate of drug-likeness (QED) is 0.581. The van der Waals surface area contributed by atoms with Crippen LogP contribution in [0.25, 0.3) is 0 Å². The molecule has 0 aliphatic rings. The molecule has 0 saturated carbocycles. The maximum Gasteiger partial charge on any atom is 0.235 e. The van der Waals surface area contributed by atoms with Crippen LogP contribution in [0.15, 0.2) is 21.6 Å². The average Bonchev–Trinajstić information content (AvgIpc) is 2.13. The van der Waals surface area contributed by atoms with Crippen molar-refractivity contribution in [2.24, 2.45) is 4.99 Å². The van der Waals surface area contributed by atoms with Crippen LogP contribution in [0.5, 0.6) is 0 Å². The first-order valence-corrected chi connectivity index (χ1v) is 4.43. The van der Waals surface area contributed by atoms with Crippen molar-refractivity contribution in [3.05, 3.63) is 33.5 Å². The normalized spacial score (nSPS) is 9.46. The fourth-order valence-corrected chi connectivity index (χ4v) is 1.50. The zero-order chi connectivity index (χ0) is 9.84. The highest BCUT2D eigenvalue weighted by Crippen LogP contribution is 2.23. The number of hydrogen-bond acceptors (Lipinski definition) is 2. The highest BCUT2D eigenvalue weighted by Gasteiger charge is 2.07. The Morgan fingerprint density at radius 3 is 2.92 bits per heavy atom. The van der Waals surface area contributed by atoms with Crippen molar-refractivity contribution in [1.82, 2.24) is 0 Å². The van der Waals surface area contributed by atoms with Crippen molar-refractivity contribution >= 4 is 22.0 Å². The van der Waals surface area contributed by atoms with E-state index in [0.29, 0.717) is 15.6 Å². The largest absolute Gasteiger partial charge is 0.235 e. The Labute approximate surface area is 83.6 Å². The van der Waals surface area contributed by atoms with Crippen LogP contribution < -0.4 is 0 Å². The third-order valence-electron chi connectivity index (χ3n) is 1.67. The molecular formula is C9H7BrFNO. The number of aryl methyl sites for hydroxylation is 1. The standard InChI is InChI=1S/C9H7BrFNO/c1-6-2-3-7(4-12-5-13)8(10)9(6)11/h2-3H,4H2,1H3. The topological polar surface area (TPSA) is 29.4 Å². The molecule has 0 spiro atoms. The van der Waals surface area contributed by atoms with Gasteiger partial charge in [-0.15, -0.1) is 0 Å². The lowest BCUT2D eigenvalue weighted by Crippen LogP contribution is -1.90. The summed E-state index contributed by atoms with van der Waals surface area (Å²) in [5, 5.41) is 0. The molecule has 13 heavy (non-hydrogen) atoms. The molecule has 0 aromatic heterocycles. The minimum Gasteiger partial charge on any atom is -0.211 e. The monoisotopic (exact) mass is 243 g/mol. The van der Waals surface area contributed by atoms with Crippen LogP contribution in [-0.2, 0) is 11.3 Å². The first-order chi connectivity index (χ1) is 6.16. The molecule has 2 nitrogen and oxygen atoms in total. The van der Waals surface area contributed by atoms with Crippen molar-refractivity contribution < 1.29 is 9.18 Å². The van der Waals surface area contributed by atoms with Crippen molar-refractivity contribution in [3.63, 3.8) is 0 Å². The van der Waals surface area contributed by atoms with E-state index < -0.39 is 0 Å². The van der Waals surface area contributed by atoms with E-state index in [9.17, 15) is 9.18 Å². The number of hydrogen-bond donors (Lipinski definition) is 0. The summed E-state index contributed by atoms with van der Waals surface area (Å²) in [4.78, 5) is 13.2. The van der Waals surface area contributed by atoms with Crippen LogP contribution in [0.4, 0.5) is 4.39 Å². The zero-order valence-corrected chi connectivity index (χ0v) is 8.56. The maximum absolute atomic E-state index is 13.2. The molecule has 0 unspecified atom stereocenters. The highest BCUT2D eigenvalue weighted by atomic mass is 79.9. The fourth-order valence-electron chi connectivity index (χ4n) is 0.926. The summed E-state index contributed by atoms with van der Waals surface area (Å²) in [5.41, 5.74) is 1.21. The Hall–Kier alpha value is -0.990. The summed E-state index contributed by atoms with van der Waals surface area (Å²) in [7, 11) is 0. The SMILES string of the molecule is Cc1ccc(CN=C=O)c(Br)c1F. The second kappa shape index (κ2) is 4.30. The molecule has 0 amide bonds. The molecule has 0 fully saturated rings. The van der Waals surface area contributed by atoms with Gasteiger partial charge in [-0.3, -0.25) is 0 Å². The average molecular weight is 244 g/mol. The first kappa shape index (κ1) is 10.1. The van der Waals surface area contributed by atoms with E-state index in [0.717, 1.165) is 0 Å². The molecule has 1 rings (SSSR count). The summed E-state index contributed by atoms with van der Waals surface area (Å²) in [6.07, 6.45) is 1.41. The van der Waals surface area contributed by atoms with E-state index in [1.165, 1.54) is 6.08 Å². The molecule has 0 N–H and O–H groups in total. The number of halogens is 2. The molecule has 0 aliphatic carbocycles. The van der Waals surface area contributed by atoms with E-state index in [1.807, 2.05) is 0 Å². The van der Waals surface area contributed by atoms with Crippen molar-refractivity contribution in [2.45, 2.75) is 13.5 Å². The predicted molar refractivity (Wildman–Crippen MR) is 50.7 cm³/mol. The van der Waals surface area contributed by atoms with Crippen LogP contribution >= 0.6 is 15.9 Å². The van der Waals surface area contributed by atoms with Gasteiger partial charge in [0.1, 0.15) is 5.82 Å². The Bertz CT molecular complexity index is 372. The minimum atomic E-state index is -0.307. The van der Waals surface area contributed by atoms with E-state index in [-0.39, 0.29) is 12.4 Å². The lowest BCUT2D eigenvalue weighted by atomic mass is 10.1. The molecule has 0 radical (unpaired) electrons. The molecule has 0 saturated heterocycles. The van der Waals surface area contributed by atoms with Crippen molar-refractivity contribution in [3.8, 4) is 0 Å². The molecule has 1 aromatic rings. The molecule has 1 aromatic carbocycles. The Balaban J connectivity index is 3.10. The number of benzene rings is 1. The molecule has 68 valence electrons. The molecule has 4 heteroatoms. The van der Waals surface area contributed by atoms with E-state index >= 15 is 0 Å². The third kappa shape index (κ3) is 2.23. The summed E-state index contributed by atoms with van der Waals surface area (Å²) in [6.45, 7) is 1.83. The zero-order valence-electron chi connectivity index (χ0n) is 6.97. The van der Waals surface area contributed by atoms with Crippen LogP contribution in [-0.4, -0.2) is 6.08 Å². The van der Waals surface area contributed by atoms with Gasteiger partial charge in [-0.1, -0.05) is 12.1 Å². The van der Waals surface area contributed by atoms with Gasteiger partial charge in [-0.05, 0) is 34.0 Å². The van der Waals surface area contributed by atoms with Gasteiger partial charge in [-0.2, -0.15) is 0 Å². The van der Waals surface area contributed by atoms with E-state index in [4.69, 9.17) is 0 Å². The van der Waals surface area contributed by atoms with Gasteiger partial charge in [0.05, 0.1) is 11.0 Å². The fraction of sp³-hybridized carbons (Fsp3) is 0.222. The van der Waals surface area contributed by atoms with Crippen LogP contribution in [0.3, 0.4) is 0 Å². The van der Waals surface area contributed by atoms with Crippen LogP contribution in [0, 0.1) is 12.7 Å². The summed E-state index contributed by atoms with van der Waals surface area (Å²) in [6, 6.07) is 3.37. The van der Waals surface area contributed by atoms with Crippen LogP contribution in [0.2, 0.25) is 0 Å². The summed E-state index contributed by atoms with van der Waals surface area (Å²) >= 11 is 3.10. The lowest BCUT2D eigenvalue weighted by molar-refractivity contribution is 0.562. The molecule has 0 atom stereocenters. The number of carbonyl (C=O) groups excluding carboxylic acids is 1. The first-order valence-electron chi connectivity index (χ1n) is 3.64. The smallest absolute Gasteiger partial charge is 0.211 e. The van der Waals surface area contributed by atoms with Crippen LogP contribution in [0.1, 0.15) is 11.1 Å². The molecule has 0 aliphatic heterocycles. The number of rotatable bonds is 2. The summed E-state index contributed by atoms with van der Waals surface area (Å²) in [5.74, 6) is -0.307. The van der Waals surface area contributed by atoms with Gasteiger partial charge < -0.3 is 0 Å². The van der Waals surface area contributed by atoms with Gasteiger partial charge >= 0.3 is 0 Å². The van der Waals surface area contributed by atoms with E-state index in [2.05, 4.69) is 20.9 Å². The van der Waals surface area contributed by atoms with Crippen molar-refractivity contribution in [2.75, 3.05) is 0 Å². The predicted octanol–water partition coefficient (Wildman–Crippen LogP) is 2.73. The van der Waals surface area contributed by atoms with E-state index in [1.54, 1.807) is 19.1 Å².